The maximum Gasteiger partial charge on any atom is 0.140 e. The van der Waals surface area contributed by atoms with Crippen LogP contribution in [0.4, 0.5) is 0 Å². The molecular weight excluding hydrogens is 214 g/mol. The Morgan fingerprint density at radius 3 is 3.00 bits per heavy atom. The molecule has 1 aromatic rings. The Morgan fingerprint density at radius 2 is 2.35 bits per heavy atom. The number of rotatable bonds is 7. The van der Waals surface area contributed by atoms with E-state index in [0.717, 1.165) is 24.5 Å². The van der Waals surface area contributed by atoms with Crippen LogP contribution in [0.3, 0.4) is 0 Å². The summed E-state index contributed by atoms with van der Waals surface area (Å²) in [6.45, 7) is 5.67. The molecule has 4 heteroatoms. The molecule has 0 atom stereocenters. The van der Waals surface area contributed by atoms with Crippen molar-refractivity contribution < 1.29 is 4.79 Å². The van der Waals surface area contributed by atoms with Gasteiger partial charge in [0, 0.05) is 37.7 Å². The molecule has 17 heavy (non-hydrogen) atoms. The third-order valence-corrected chi connectivity index (χ3v) is 3.08. The van der Waals surface area contributed by atoms with Gasteiger partial charge >= 0.3 is 0 Å². The molecule has 0 radical (unpaired) electrons. The van der Waals surface area contributed by atoms with E-state index in [1.54, 1.807) is 0 Å². The lowest BCUT2D eigenvalue weighted by Crippen LogP contribution is -2.21. The van der Waals surface area contributed by atoms with Crippen LogP contribution in [0, 0.1) is 6.92 Å². The standard InChI is InChI=1S/C13H21N3O/c1-3-16-12(8-10(2)15-16)9-13(17)6-7-14-11-4-5-11/h8,11,14H,3-7,9H2,1-2H3. The first-order chi connectivity index (χ1) is 8.19. The lowest BCUT2D eigenvalue weighted by atomic mass is 10.1. The van der Waals surface area contributed by atoms with Crippen molar-refractivity contribution in [2.45, 2.75) is 52.1 Å². The highest BCUT2D eigenvalue weighted by molar-refractivity contribution is 5.80. The molecule has 0 saturated heterocycles. The highest BCUT2D eigenvalue weighted by Gasteiger charge is 2.20. The zero-order chi connectivity index (χ0) is 12.3. The Hall–Kier alpha value is -1.16. The molecule has 1 aliphatic rings. The van der Waals surface area contributed by atoms with Gasteiger partial charge < -0.3 is 5.32 Å². The highest BCUT2D eigenvalue weighted by Crippen LogP contribution is 2.18. The van der Waals surface area contributed by atoms with Crippen molar-refractivity contribution in [3.8, 4) is 0 Å². The van der Waals surface area contributed by atoms with Gasteiger partial charge in [-0.25, -0.2) is 0 Å². The molecule has 1 saturated carbocycles. The van der Waals surface area contributed by atoms with Crippen LogP contribution in [-0.4, -0.2) is 28.2 Å². The van der Waals surface area contributed by atoms with Gasteiger partial charge in [0.15, 0.2) is 0 Å². The number of carbonyl (C=O) groups is 1. The molecule has 0 unspecified atom stereocenters. The fourth-order valence-electron chi connectivity index (χ4n) is 2.01. The number of ketones is 1. The quantitative estimate of drug-likeness (QED) is 0.778. The summed E-state index contributed by atoms with van der Waals surface area (Å²) in [5.74, 6) is 0.299. The summed E-state index contributed by atoms with van der Waals surface area (Å²) in [5, 5.41) is 7.71. The largest absolute Gasteiger partial charge is 0.314 e. The predicted molar refractivity (Wildman–Crippen MR) is 67.0 cm³/mol. The number of Topliss-reactive ketones (excluding diaryl/α,β-unsaturated/α-hetero) is 1. The van der Waals surface area contributed by atoms with Crippen molar-refractivity contribution in [2.24, 2.45) is 0 Å². The maximum atomic E-state index is 11.8. The van der Waals surface area contributed by atoms with Crippen molar-refractivity contribution in [1.82, 2.24) is 15.1 Å². The zero-order valence-electron chi connectivity index (χ0n) is 10.7. The number of aromatic nitrogens is 2. The number of carbonyl (C=O) groups excluding carboxylic acids is 1. The van der Waals surface area contributed by atoms with Gasteiger partial charge in [-0.2, -0.15) is 5.10 Å². The van der Waals surface area contributed by atoms with Gasteiger partial charge in [0.05, 0.1) is 5.69 Å². The summed E-state index contributed by atoms with van der Waals surface area (Å²) in [6, 6.07) is 2.70. The van der Waals surface area contributed by atoms with Crippen LogP contribution in [0.2, 0.25) is 0 Å². The van der Waals surface area contributed by atoms with Crippen LogP contribution in [0.25, 0.3) is 0 Å². The summed E-state index contributed by atoms with van der Waals surface area (Å²) in [6.07, 6.45) is 3.69. The zero-order valence-corrected chi connectivity index (χ0v) is 10.7. The maximum absolute atomic E-state index is 11.8. The second kappa shape index (κ2) is 5.45. The SMILES string of the molecule is CCn1nc(C)cc1CC(=O)CCNC1CC1. The third-order valence-electron chi connectivity index (χ3n) is 3.08. The molecular formula is C13H21N3O. The van der Waals surface area contributed by atoms with Crippen molar-refractivity contribution in [1.29, 1.82) is 0 Å². The molecule has 94 valence electrons. The third kappa shape index (κ3) is 3.66. The number of nitrogens with one attached hydrogen (secondary N) is 1. The van der Waals surface area contributed by atoms with Crippen LogP contribution in [0.5, 0.6) is 0 Å². The van der Waals surface area contributed by atoms with Crippen molar-refractivity contribution in [3.63, 3.8) is 0 Å². The van der Waals surface area contributed by atoms with Gasteiger partial charge in [0.25, 0.3) is 0 Å². The van der Waals surface area contributed by atoms with Crippen LogP contribution in [0.15, 0.2) is 6.07 Å². The summed E-state index contributed by atoms with van der Waals surface area (Å²) < 4.78 is 1.92. The predicted octanol–water partition coefficient (Wildman–Crippen LogP) is 1.47. The minimum Gasteiger partial charge on any atom is -0.314 e. The van der Waals surface area contributed by atoms with Crippen molar-refractivity contribution in [2.75, 3.05) is 6.54 Å². The van der Waals surface area contributed by atoms with Gasteiger partial charge in [0.1, 0.15) is 5.78 Å². The first kappa shape index (κ1) is 12.3. The summed E-state index contributed by atoms with van der Waals surface area (Å²) >= 11 is 0. The van der Waals surface area contributed by atoms with E-state index in [2.05, 4.69) is 17.3 Å². The molecule has 2 rings (SSSR count). The molecule has 0 spiro atoms. The Kier molecular flexibility index (Phi) is 3.94. The molecule has 4 nitrogen and oxygen atoms in total. The Bertz CT molecular complexity index is 393. The van der Waals surface area contributed by atoms with E-state index < -0.39 is 0 Å². The lowest BCUT2D eigenvalue weighted by Gasteiger charge is -2.04. The molecule has 0 amide bonds. The van der Waals surface area contributed by atoms with E-state index in [1.807, 2.05) is 17.7 Å². The Morgan fingerprint density at radius 1 is 1.59 bits per heavy atom. The van der Waals surface area contributed by atoms with Crippen molar-refractivity contribution in [3.05, 3.63) is 17.5 Å². The van der Waals surface area contributed by atoms with E-state index in [-0.39, 0.29) is 0 Å². The van der Waals surface area contributed by atoms with Gasteiger partial charge in [-0.05, 0) is 32.8 Å². The van der Waals surface area contributed by atoms with Crippen LogP contribution >= 0.6 is 0 Å². The van der Waals surface area contributed by atoms with E-state index in [0.29, 0.717) is 24.7 Å². The van der Waals surface area contributed by atoms with E-state index in [4.69, 9.17) is 0 Å². The van der Waals surface area contributed by atoms with Gasteiger partial charge in [-0.1, -0.05) is 0 Å². The molecule has 1 aromatic heterocycles. The highest BCUT2D eigenvalue weighted by atomic mass is 16.1. The fraction of sp³-hybridized carbons (Fsp3) is 0.692. The van der Waals surface area contributed by atoms with E-state index in [1.165, 1.54) is 12.8 Å². The molecule has 1 N–H and O–H groups in total. The first-order valence-corrected chi connectivity index (χ1v) is 6.47. The minimum absolute atomic E-state index is 0.299. The molecule has 1 aliphatic carbocycles. The van der Waals surface area contributed by atoms with Crippen LogP contribution < -0.4 is 5.32 Å². The molecule has 0 aromatic carbocycles. The molecule has 0 aliphatic heterocycles. The fourth-order valence-corrected chi connectivity index (χ4v) is 2.01. The number of aryl methyl sites for hydroxylation is 2. The second-order valence-corrected chi connectivity index (χ2v) is 4.79. The average Bonchev–Trinajstić information content (AvgIpc) is 3.03. The number of hydrogen-bond acceptors (Lipinski definition) is 3. The lowest BCUT2D eigenvalue weighted by molar-refractivity contribution is -0.118. The molecule has 1 fully saturated rings. The molecule has 1 heterocycles. The number of nitrogens with zero attached hydrogens (tertiary/aromatic N) is 2. The Labute approximate surface area is 102 Å². The number of hydrogen-bond donors (Lipinski definition) is 1. The van der Waals surface area contributed by atoms with Gasteiger partial charge in [-0.15, -0.1) is 0 Å². The van der Waals surface area contributed by atoms with E-state index >= 15 is 0 Å². The summed E-state index contributed by atoms with van der Waals surface area (Å²) in [4.78, 5) is 11.8. The van der Waals surface area contributed by atoms with Gasteiger partial charge in [0.2, 0.25) is 0 Å². The summed E-state index contributed by atoms with van der Waals surface area (Å²) in [5.41, 5.74) is 2.03. The van der Waals surface area contributed by atoms with Crippen LogP contribution in [-0.2, 0) is 17.8 Å². The monoisotopic (exact) mass is 235 g/mol. The normalized spacial score (nSPS) is 15.2. The molecule has 0 bridgehead atoms. The average molecular weight is 235 g/mol. The first-order valence-electron chi connectivity index (χ1n) is 6.47. The van der Waals surface area contributed by atoms with E-state index in [9.17, 15) is 4.79 Å². The smallest absolute Gasteiger partial charge is 0.140 e. The summed E-state index contributed by atoms with van der Waals surface area (Å²) in [7, 11) is 0. The Balaban J connectivity index is 1.79. The van der Waals surface area contributed by atoms with Gasteiger partial charge in [-0.3, -0.25) is 9.48 Å². The second-order valence-electron chi connectivity index (χ2n) is 4.79. The minimum atomic E-state index is 0.299. The topological polar surface area (TPSA) is 46.9 Å². The van der Waals surface area contributed by atoms with Crippen LogP contribution in [0.1, 0.15) is 37.6 Å². The van der Waals surface area contributed by atoms with Crippen molar-refractivity contribution >= 4 is 5.78 Å².